The van der Waals surface area contributed by atoms with Crippen LogP contribution in [0.2, 0.25) is 0 Å². The second kappa shape index (κ2) is 6.00. The van der Waals surface area contributed by atoms with E-state index in [0.29, 0.717) is 18.5 Å². The highest BCUT2D eigenvalue weighted by atomic mass is 35.5. The van der Waals surface area contributed by atoms with Crippen molar-refractivity contribution < 1.29 is 8.78 Å². The van der Waals surface area contributed by atoms with Crippen LogP contribution in [-0.4, -0.2) is 6.54 Å². The molecule has 1 aromatic rings. The second-order valence-electron chi connectivity index (χ2n) is 3.28. The number of rotatable bonds is 3. The molecule has 0 unspecified atom stereocenters. The van der Waals surface area contributed by atoms with Gasteiger partial charge < -0.3 is 11.5 Å². The topological polar surface area (TPSA) is 52.0 Å². The van der Waals surface area contributed by atoms with E-state index in [0.717, 1.165) is 0 Å². The van der Waals surface area contributed by atoms with Gasteiger partial charge in [0.15, 0.2) is 0 Å². The third-order valence-electron chi connectivity index (χ3n) is 2.17. The van der Waals surface area contributed by atoms with Crippen LogP contribution >= 0.6 is 12.4 Å². The van der Waals surface area contributed by atoms with E-state index >= 15 is 0 Å². The van der Waals surface area contributed by atoms with Gasteiger partial charge in [-0.15, -0.1) is 12.4 Å². The zero-order valence-corrected chi connectivity index (χ0v) is 9.28. The Bertz CT molecular complexity index is 331. The Hall–Kier alpha value is -0.710. The fraction of sp³-hybridized carbons (Fsp3) is 0.400. The van der Waals surface area contributed by atoms with E-state index in [9.17, 15) is 8.78 Å². The maximum absolute atomic E-state index is 13.5. The standard InChI is InChI=1S/C10H14F2N2.ClH/c1-6-2-3-7(11)9(10(6)12)8(14)4-5-13;/h2-3,8H,4-5,13-14H2,1H3;1H/t8-;/m0./s1. The van der Waals surface area contributed by atoms with Crippen molar-refractivity contribution in [1.29, 1.82) is 0 Å². The quantitative estimate of drug-likeness (QED) is 0.844. The van der Waals surface area contributed by atoms with E-state index in [1.165, 1.54) is 12.1 Å². The molecular weight excluding hydrogens is 222 g/mol. The van der Waals surface area contributed by atoms with E-state index in [4.69, 9.17) is 11.5 Å². The zero-order chi connectivity index (χ0) is 10.7. The fourth-order valence-corrected chi connectivity index (χ4v) is 1.34. The summed E-state index contributed by atoms with van der Waals surface area (Å²) in [5.74, 6) is -1.17. The molecule has 0 spiro atoms. The first-order valence-corrected chi connectivity index (χ1v) is 4.48. The first kappa shape index (κ1) is 14.3. The summed E-state index contributed by atoms with van der Waals surface area (Å²) in [5, 5.41) is 0. The van der Waals surface area contributed by atoms with E-state index in [1.807, 2.05) is 0 Å². The van der Waals surface area contributed by atoms with Crippen LogP contribution in [0.25, 0.3) is 0 Å². The van der Waals surface area contributed by atoms with Crippen LogP contribution in [-0.2, 0) is 0 Å². The summed E-state index contributed by atoms with van der Waals surface area (Å²) in [6.07, 6.45) is 0.372. The van der Waals surface area contributed by atoms with Crippen molar-refractivity contribution in [1.82, 2.24) is 0 Å². The molecule has 0 bridgehead atoms. The third kappa shape index (κ3) is 3.12. The van der Waals surface area contributed by atoms with Gasteiger partial charge in [0.1, 0.15) is 11.6 Å². The summed E-state index contributed by atoms with van der Waals surface area (Å²) in [6, 6.07) is 1.95. The molecule has 1 rings (SSSR count). The van der Waals surface area contributed by atoms with Gasteiger partial charge in [0, 0.05) is 11.6 Å². The molecule has 0 saturated heterocycles. The summed E-state index contributed by atoms with van der Waals surface area (Å²) < 4.78 is 26.7. The van der Waals surface area contributed by atoms with Crippen molar-refractivity contribution in [3.05, 3.63) is 34.9 Å². The number of aryl methyl sites for hydroxylation is 1. The van der Waals surface area contributed by atoms with Crippen molar-refractivity contribution in [3.8, 4) is 0 Å². The van der Waals surface area contributed by atoms with Crippen LogP contribution in [0.3, 0.4) is 0 Å². The minimum atomic E-state index is -0.667. The van der Waals surface area contributed by atoms with Gasteiger partial charge in [-0.3, -0.25) is 0 Å². The lowest BCUT2D eigenvalue weighted by Crippen LogP contribution is -2.18. The zero-order valence-electron chi connectivity index (χ0n) is 8.47. The molecule has 2 nitrogen and oxygen atoms in total. The SMILES string of the molecule is Cc1ccc(F)c([C@@H](N)CCN)c1F.Cl. The number of hydrogen-bond donors (Lipinski definition) is 2. The highest BCUT2D eigenvalue weighted by molar-refractivity contribution is 5.85. The fourth-order valence-electron chi connectivity index (χ4n) is 1.34. The average Bonchev–Trinajstić information content (AvgIpc) is 2.13. The number of nitrogens with two attached hydrogens (primary N) is 2. The lowest BCUT2D eigenvalue weighted by atomic mass is 10.0. The molecular formula is C10H15ClF2N2. The molecule has 1 aromatic carbocycles. The summed E-state index contributed by atoms with van der Waals surface area (Å²) in [7, 11) is 0. The maximum atomic E-state index is 13.5. The molecule has 0 saturated carbocycles. The van der Waals surface area contributed by atoms with Gasteiger partial charge in [0.05, 0.1) is 0 Å². The second-order valence-corrected chi connectivity index (χ2v) is 3.28. The first-order valence-electron chi connectivity index (χ1n) is 4.48. The summed E-state index contributed by atoms with van der Waals surface area (Å²) in [6.45, 7) is 1.89. The Balaban J connectivity index is 0.00000196. The molecule has 0 amide bonds. The van der Waals surface area contributed by atoms with Gasteiger partial charge in [0.25, 0.3) is 0 Å². The van der Waals surface area contributed by atoms with E-state index in [2.05, 4.69) is 0 Å². The number of hydrogen-bond acceptors (Lipinski definition) is 2. The Morgan fingerprint density at radius 3 is 2.47 bits per heavy atom. The van der Waals surface area contributed by atoms with Crippen LogP contribution in [0.1, 0.15) is 23.6 Å². The molecule has 5 heteroatoms. The normalized spacial score (nSPS) is 12.1. The molecule has 0 aliphatic carbocycles. The van der Waals surface area contributed by atoms with Crippen molar-refractivity contribution >= 4 is 12.4 Å². The Labute approximate surface area is 94.1 Å². The molecule has 0 aliphatic heterocycles. The molecule has 0 radical (unpaired) electrons. The smallest absolute Gasteiger partial charge is 0.133 e. The Morgan fingerprint density at radius 1 is 1.33 bits per heavy atom. The monoisotopic (exact) mass is 236 g/mol. The predicted molar refractivity (Wildman–Crippen MR) is 58.9 cm³/mol. The third-order valence-corrected chi connectivity index (χ3v) is 2.17. The molecule has 0 aliphatic rings. The molecule has 0 fully saturated rings. The van der Waals surface area contributed by atoms with E-state index < -0.39 is 17.7 Å². The van der Waals surface area contributed by atoms with Crippen LogP contribution in [0.5, 0.6) is 0 Å². The van der Waals surface area contributed by atoms with Crippen molar-refractivity contribution in [2.24, 2.45) is 11.5 Å². The molecule has 0 heterocycles. The summed E-state index contributed by atoms with van der Waals surface area (Å²) in [4.78, 5) is 0. The van der Waals surface area contributed by atoms with Crippen LogP contribution in [0.15, 0.2) is 12.1 Å². The lowest BCUT2D eigenvalue weighted by Gasteiger charge is -2.13. The lowest BCUT2D eigenvalue weighted by molar-refractivity contribution is 0.511. The van der Waals surface area contributed by atoms with Gasteiger partial charge in [-0.25, -0.2) is 8.78 Å². The molecule has 0 aromatic heterocycles. The highest BCUT2D eigenvalue weighted by Gasteiger charge is 2.17. The van der Waals surface area contributed by atoms with Crippen molar-refractivity contribution in [2.45, 2.75) is 19.4 Å². The van der Waals surface area contributed by atoms with Gasteiger partial charge >= 0.3 is 0 Å². The predicted octanol–water partition coefficient (Wildman–Crippen LogP) is 2.04. The minimum absolute atomic E-state index is 0. The summed E-state index contributed by atoms with van der Waals surface area (Å²) in [5.41, 5.74) is 11.2. The van der Waals surface area contributed by atoms with Gasteiger partial charge in [-0.1, -0.05) is 6.07 Å². The van der Waals surface area contributed by atoms with Crippen molar-refractivity contribution in [2.75, 3.05) is 6.54 Å². The Morgan fingerprint density at radius 2 is 1.93 bits per heavy atom. The van der Waals surface area contributed by atoms with Crippen LogP contribution in [0.4, 0.5) is 8.78 Å². The Kier molecular flexibility index (Phi) is 5.72. The molecule has 86 valence electrons. The largest absolute Gasteiger partial charge is 0.330 e. The van der Waals surface area contributed by atoms with Gasteiger partial charge in [-0.2, -0.15) is 0 Å². The molecule has 1 atom stereocenters. The molecule has 15 heavy (non-hydrogen) atoms. The van der Waals surface area contributed by atoms with Gasteiger partial charge in [0.2, 0.25) is 0 Å². The van der Waals surface area contributed by atoms with Crippen LogP contribution in [0, 0.1) is 18.6 Å². The van der Waals surface area contributed by atoms with Gasteiger partial charge in [-0.05, 0) is 31.5 Å². The average molecular weight is 237 g/mol. The first-order chi connectivity index (χ1) is 6.57. The number of halogens is 3. The summed E-state index contributed by atoms with van der Waals surface area (Å²) >= 11 is 0. The molecule has 4 N–H and O–H groups in total. The maximum Gasteiger partial charge on any atom is 0.133 e. The van der Waals surface area contributed by atoms with Crippen LogP contribution < -0.4 is 11.5 Å². The van der Waals surface area contributed by atoms with Crippen molar-refractivity contribution in [3.63, 3.8) is 0 Å². The minimum Gasteiger partial charge on any atom is -0.330 e. The van der Waals surface area contributed by atoms with E-state index in [1.54, 1.807) is 6.92 Å². The number of benzene rings is 1. The highest BCUT2D eigenvalue weighted by Crippen LogP contribution is 2.23. The van der Waals surface area contributed by atoms with E-state index in [-0.39, 0.29) is 18.0 Å².